The molecule has 1 aromatic carbocycles. The topological polar surface area (TPSA) is 46.5 Å². The molecule has 84 valence electrons. The average molecular weight is 218 g/mol. The fourth-order valence-electron chi connectivity index (χ4n) is 1.90. The van der Waals surface area contributed by atoms with Crippen LogP contribution in [0.2, 0.25) is 0 Å². The van der Waals surface area contributed by atoms with Crippen molar-refractivity contribution in [1.82, 2.24) is 0 Å². The van der Waals surface area contributed by atoms with E-state index in [0.29, 0.717) is 5.57 Å². The van der Waals surface area contributed by atoms with Gasteiger partial charge in [-0.1, -0.05) is 30.3 Å². The molecule has 0 amide bonds. The number of hydrogen-bond donors (Lipinski definition) is 1. The standard InChI is InChI=1S/C13H14O3/c1-9-8-13(2,16-12(9)15)11(14)10-6-4-3-5-7-10/h3-8,11,14H,1-2H3. The van der Waals surface area contributed by atoms with E-state index in [1.54, 1.807) is 19.9 Å². The molecule has 1 heterocycles. The number of benzene rings is 1. The van der Waals surface area contributed by atoms with Crippen molar-refractivity contribution in [3.8, 4) is 0 Å². The third kappa shape index (κ3) is 1.74. The number of hydrogen-bond acceptors (Lipinski definition) is 3. The zero-order valence-corrected chi connectivity index (χ0v) is 9.31. The molecule has 1 aromatic rings. The number of aliphatic hydroxyl groups is 1. The molecule has 0 aliphatic carbocycles. The van der Waals surface area contributed by atoms with Gasteiger partial charge in [0.25, 0.3) is 0 Å². The zero-order chi connectivity index (χ0) is 11.8. The Kier molecular flexibility index (Phi) is 2.56. The van der Waals surface area contributed by atoms with Crippen LogP contribution in [-0.4, -0.2) is 16.7 Å². The summed E-state index contributed by atoms with van der Waals surface area (Å²) in [4.78, 5) is 11.3. The van der Waals surface area contributed by atoms with Crippen LogP contribution < -0.4 is 0 Å². The second-order valence-corrected chi connectivity index (χ2v) is 4.21. The number of carbonyl (C=O) groups excluding carboxylic acids is 1. The summed E-state index contributed by atoms with van der Waals surface area (Å²) >= 11 is 0. The first-order chi connectivity index (χ1) is 7.53. The predicted molar refractivity (Wildman–Crippen MR) is 59.7 cm³/mol. The lowest BCUT2D eigenvalue weighted by atomic mass is 9.92. The van der Waals surface area contributed by atoms with Crippen LogP contribution in [0.3, 0.4) is 0 Å². The van der Waals surface area contributed by atoms with Crippen LogP contribution in [0.5, 0.6) is 0 Å². The van der Waals surface area contributed by atoms with E-state index in [4.69, 9.17) is 4.74 Å². The van der Waals surface area contributed by atoms with Crippen molar-refractivity contribution in [2.24, 2.45) is 0 Å². The van der Waals surface area contributed by atoms with Gasteiger partial charge in [0.15, 0.2) is 5.60 Å². The number of cyclic esters (lactones) is 1. The SMILES string of the molecule is CC1=CC(C)(C(O)c2ccccc2)OC1=O. The maximum Gasteiger partial charge on any atom is 0.334 e. The second-order valence-electron chi connectivity index (χ2n) is 4.21. The number of ether oxygens (including phenoxy) is 1. The van der Waals surface area contributed by atoms with Gasteiger partial charge < -0.3 is 9.84 Å². The summed E-state index contributed by atoms with van der Waals surface area (Å²) in [6.07, 6.45) is 0.836. The van der Waals surface area contributed by atoms with E-state index in [1.165, 1.54) is 0 Å². The largest absolute Gasteiger partial charge is 0.449 e. The third-order valence-corrected chi connectivity index (χ3v) is 2.80. The number of rotatable bonds is 2. The van der Waals surface area contributed by atoms with Crippen molar-refractivity contribution in [3.63, 3.8) is 0 Å². The highest BCUT2D eigenvalue weighted by Gasteiger charge is 2.41. The summed E-state index contributed by atoms with van der Waals surface area (Å²) in [7, 11) is 0. The number of carbonyl (C=O) groups is 1. The average Bonchev–Trinajstić information content (AvgIpc) is 2.54. The fourth-order valence-corrected chi connectivity index (χ4v) is 1.90. The minimum atomic E-state index is -0.956. The zero-order valence-electron chi connectivity index (χ0n) is 9.31. The van der Waals surface area contributed by atoms with Gasteiger partial charge in [0, 0.05) is 5.57 Å². The van der Waals surface area contributed by atoms with Gasteiger partial charge in [0.1, 0.15) is 6.10 Å². The van der Waals surface area contributed by atoms with E-state index in [0.717, 1.165) is 5.56 Å². The van der Waals surface area contributed by atoms with E-state index in [9.17, 15) is 9.90 Å². The van der Waals surface area contributed by atoms with Gasteiger partial charge in [0.05, 0.1) is 0 Å². The molecule has 3 nitrogen and oxygen atoms in total. The molecular formula is C13H14O3. The van der Waals surface area contributed by atoms with Gasteiger partial charge in [-0.15, -0.1) is 0 Å². The Morgan fingerprint density at radius 3 is 2.44 bits per heavy atom. The smallest absolute Gasteiger partial charge is 0.334 e. The van der Waals surface area contributed by atoms with Crippen molar-refractivity contribution >= 4 is 5.97 Å². The van der Waals surface area contributed by atoms with E-state index in [2.05, 4.69) is 0 Å². The van der Waals surface area contributed by atoms with Gasteiger partial charge in [-0.3, -0.25) is 0 Å². The Bertz CT molecular complexity index is 436. The monoisotopic (exact) mass is 218 g/mol. The van der Waals surface area contributed by atoms with E-state index in [1.807, 2.05) is 30.3 Å². The minimum absolute atomic E-state index is 0.363. The highest BCUT2D eigenvalue weighted by Crippen LogP contribution is 2.35. The van der Waals surface area contributed by atoms with Crippen molar-refractivity contribution < 1.29 is 14.6 Å². The highest BCUT2D eigenvalue weighted by molar-refractivity contribution is 5.91. The highest BCUT2D eigenvalue weighted by atomic mass is 16.6. The van der Waals surface area contributed by atoms with Gasteiger partial charge in [-0.05, 0) is 25.5 Å². The Balaban J connectivity index is 2.30. The fraction of sp³-hybridized carbons (Fsp3) is 0.308. The molecule has 0 spiro atoms. The Morgan fingerprint density at radius 1 is 1.31 bits per heavy atom. The molecule has 2 unspecified atom stereocenters. The van der Waals surface area contributed by atoms with Crippen LogP contribution in [0.25, 0.3) is 0 Å². The van der Waals surface area contributed by atoms with Gasteiger partial charge in [-0.2, -0.15) is 0 Å². The Morgan fingerprint density at radius 2 is 1.94 bits per heavy atom. The maximum atomic E-state index is 11.3. The Labute approximate surface area is 94.4 Å². The van der Waals surface area contributed by atoms with Crippen molar-refractivity contribution in [1.29, 1.82) is 0 Å². The number of esters is 1. The maximum absolute atomic E-state index is 11.3. The third-order valence-electron chi connectivity index (χ3n) is 2.80. The summed E-state index contributed by atoms with van der Waals surface area (Å²) in [5.74, 6) is -0.363. The lowest BCUT2D eigenvalue weighted by Crippen LogP contribution is -2.32. The van der Waals surface area contributed by atoms with Gasteiger partial charge in [-0.25, -0.2) is 4.79 Å². The predicted octanol–water partition coefficient (Wildman–Crippen LogP) is 1.98. The molecule has 2 rings (SSSR count). The molecule has 2 atom stereocenters. The van der Waals surface area contributed by atoms with Gasteiger partial charge >= 0.3 is 5.97 Å². The molecule has 0 saturated heterocycles. The van der Waals surface area contributed by atoms with Crippen molar-refractivity contribution in [3.05, 3.63) is 47.5 Å². The first-order valence-electron chi connectivity index (χ1n) is 5.19. The van der Waals surface area contributed by atoms with Crippen molar-refractivity contribution in [2.45, 2.75) is 25.6 Å². The van der Waals surface area contributed by atoms with Crippen LogP contribution in [0.15, 0.2) is 42.0 Å². The first kappa shape index (κ1) is 10.9. The molecular weight excluding hydrogens is 204 g/mol. The Hall–Kier alpha value is -1.61. The van der Waals surface area contributed by atoms with E-state index >= 15 is 0 Å². The minimum Gasteiger partial charge on any atom is -0.449 e. The molecule has 0 radical (unpaired) electrons. The molecule has 0 aromatic heterocycles. The second kappa shape index (κ2) is 3.76. The molecule has 0 bridgehead atoms. The summed E-state index contributed by atoms with van der Waals surface area (Å²) < 4.78 is 5.20. The van der Waals surface area contributed by atoms with Crippen LogP contribution in [0.1, 0.15) is 25.5 Å². The quantitative estimate of drug-likeness (QED) is 0.772. The summed E-state index contributed by atoms with van der Waals surface area (Å²) in [6.45, 7) is 3.39. The summed E-state index contributed by atoms with van der Waals surface area (Å²) in [6, 6.07) is 9.18. The molecule has 1 aliphatic rings. The van der Waals surface area contributed by atoms with Crippen molar-refractivity contribution in [2.75, 3.05) is 0 Å². The summed E-state index contributed by atoms with van der Waals surface area (Å²) in [5, 5.41) is 10.2. The lowest BCUT2D eigenvalue weighted by Gasteiger charge is -2.27. The van der Waals surface area contributed by atoms with Crippen LogP contribution >= 0.6 is 0 Å². The van der Waals surface area contributed by atoms with Crippen LogP contribution in [0, 0.1) is 0 Å². The molecule has 0 saturated carbocycles. The van der Waals surface area contributed by atoms with E-state index in [-0.39, 0.29) is 5.97 Å². The molecule has 1 aliphatic heterocycles. The number of aliphatic hydroxyl groups excluding tert-OH is 1. The molecule has 16 heavy (non-hydrogen) atoms. The molecule has 0 fully saturated rings. The lowest BCUT2D eigenvalue weighted by molar-refractivity contribution is -0.153. The first-order valence-corrected chi connectivity index (χ1v) is 5.19. The molecule has 1 N–H and O–H groups in total. The van der Waals surface area contributed by atoms with E-state index < -0.39 is 11.7 Å². The van der Waals surface area contributed by atoms with Gasteiger partial charge in [0.2, 0.25) is 0 Å². The molecule has 3 heteroatoms. The normalized spacial score (nSPS) is 26.2. The van der Waals surface area contributed by atoms with Crippen LogP contribution in [0.4, 0.5) is 0 Å². The summed E-state index contributed by atoms with van der Waals surface area (Å²) in [5.41, 5.74) is 0.323. The van der Waals surface area contributed by atoms with Crippen LogP contribution in [-0.2, 0) is 9.53 Å².